The van der Waals surface area contributed by atoms with E-state index in [-0.39, 0.29) is 10.8 Å². The van der Waals surface area contributed by atoms with E-state index < -0.39 is 0 Å². The predicted molar refractivity (Wildman–Crippen MR) is 242 cm³/mol. The Morgan fingerprint density at radius 1 is 0.328 bits per heavy atom. The minimum absolute atomic E-state index is 0.0134. The van der Waals surface area contributed by atoms with Gasteiger partial charge in [-0.1, -0.05) is 151 Å². The van der Waals surface area contributed by atoms with Crippen molar-refractivity contribution in [2.24, 2.45) is 0 Å². The molecule has 0 atom stereocenters. The molecule has 0 amide bonds. The number of rotatable bonds is 5. The first-order valence-electron chi connectivity index (χ1n) is 20.1. The second kappa shape index (κ2) is 13.4. The summed E-state index contributed by atoms with van der Waals surface area (Å²) >= 11 is 0. The number of nitrogens with zero attached hydrogens (tertiary/aromatic N) is 5. The van der Waals surface area contributed by atoms with Crippen molar-refractivity contribution in [3.05, 3.63) is 175 Å². The Morgan fingerprint density at radius 2 is 0.690 bits per heavy atom. The molecule has 0 N–H and O–H groups in total. The smallest absolute Gasteiger partial charge is 0.164 e. The molecule has 0 saturated heterocycles. The second-order valence-electron chi connectivity index (χ2n) is 17.4. The van der Waals surface area contributed by atoms with Crippen LogP contribution in [0.25, 0.3) is 89.2 Å². The predicted octanol–water partition coefficient (Wildman–Crippen LogP) is 13.7. The van der Waals surface area contributed by atoms with Gasteiger partial charge in [0.15, 0.2) is 17.5 Å². The highest BCUT2D eigenvalue weighted by molar-refractivity contribution is 6.11. The third-order valence-corrected chi connectivity index (χ3v) is 11.5. The molecule has 0 aliphatic rings. The van der Waals surface area contributed by atoms with Crippen LogP contribution in [-0.4, -0.2) is 24.1 Å². The van der Waals surface area contributed by atoms with Crippen molar-refractivity contribution in [1.29, 1.82) is 0 Å². The van der Waals surface area contributed by atoms with Gasteiger partial charge in [-0.2, -0.15) is 0 Å². The molecule has 10 aromatic rings. The minimum atomic E-state index is 0.0134. The van der Waals surface area contributed by atoms with Crippen LogP contribution in [0.15, 0.2) is 164 Å². The summed E-state index contributed by atoms with van der Waals surface area (Å²) < 4.78 is 4.82. The van der Waals surface area contributed by atoms with Gasteiger partial charge in [-0.3, -0.25) is 0 Å². The van der Waals surface area contributed by atoms with Crippen LogP contribution in [0.2, 0.25) is 0 Å². The Kier molecular flexibility index (Phi) is 8.20. The molecule has 5 nitrogen and oxygen atoms in total. The van der Waals surface area contributed by atoms with Crippen LogP contribution in [0.1, 0.15) is 52.7 Å². The topological polar surface area (TPSA) is 48.5 Å². The van der Waals surface area contributed by atoms with E-state index in [0.717, 1.165) is 50.1 Å². The molecule has 0 saturated carbocycles. The molecule has 5 heteroatoms. The van der Waals surface area contributed by atoms with E-state index in [1.807, 2.05) is 36.4 Å². The van der Waals surface area contributed by atoms with E-state index in [4.69, 9.17) is 15.0 Å². The van der Waals surface area contributed by atoms with Gasteiger partial charge in [-0.25, -0.2) is 15.0 Å². The lowest BCUT2D eigenvalue weighted by Gasteiger charge is -2.20. The first-order chi connectivity index (χ1) is 28.0. The highest BCUT2D eigenvalue weighted by Crippen LogP contribution is 2.40. The van der Waals surface area contributed by atoms with Gasteiger partial charge in [0.05, 0.1) is 22.1 Å². The summed E-state index contributed by atoms with van der Waals surface area (Å²) in [6, 6.07) is 58.6. The monoisotopic (exact) mass is 751 g/mol. The van der Waals surface area contributed by atoms with E-state index in [9.17, 15) is 0 Å². The maximum absolute atomic E-state index is 5.23. The summed E-state index contributed by atoms with van der Waals surface area (Å²) in [5.41, 5.74) is 12.1. The lowest BCUT2D eigenvalue weighted by atomic mass is 9.86. The maximum Gasteiger partial charge on any atom is 0.164 e. The molecule has 58 heavy (non-hydrogen) atoms. The fourth-order valence-corrected chi connectivity index (χ4v) is 8.36. The van der Waals surface area contributed by atoms with Gasteiger partial charge >= 0.3 is 0 Å². The zero-order valence-electron chi connectivity index (χ0n) is 33.8. The highest BCUT2D eigenvalue weighted by Gasteiger charge is 2.22. The van der Waals surface area contributed by atoms with Crippen LogP contribution in [0.4, 0.5) is 0 Å². The van der Waals surface area contributed by atoms with Gasteiger partial charge < -0.3 is 9.13 Å². The summed E-state index contributed by atoms with van der Waals surface area (Å²) in [5.74, 6) is 1.88. The van der Waals surface area contributed by atoms with Crippen molar-refractivity contribution in [1.82, 2.24) is 24.1 Å². The minimum Gasteiger partial charge on any atom is -0.309 e. The standard InChI is InChI=1S/C53H45N5/c1-52(2,3)37-25-27-47-43(31-37)41-21-13-15-23-45(41)57(47)39-29-36(51-55-49(34-17-9-7-10-18-34)54-50(56-51)35-19-11-8-12-20-35)30-40(33-39)58-46-24-16-14-22-42(46)44-32-38(53(4,5)6)26-28-48(44)58/h7-33H,1-6H3. The van der Waals surface area contributed by atoms with E-state index in [1.165, 1.54) is 32.7 Å². The van der Waals surface area contributed by atoms with Crippen molar-refractivity contribution in [2.45, 2.75) is 52.4 Å². The van der Waals surface area contributed by atoms with Crippen LogP contribution in [0.5, 0.6) is 0 Å². The van der Waals surface area contributed by atoms with E-state index >= 15 is 0 Å². The first kappa shape index (κ1) is 35.6. The number of aromatic nitrogens is 5. The van der Waals surface area contributed by atoms with Crippen LogP contribution in [-0.2, 0) is 10.8 Å². The van der Waals surface area contributed by atoms with Gasteiger partial charge in [0.1, 0.15) is 0 Å². The second-order valence-corrected chi connectivity index (χ2v) is 17.4. The summed E-state index contributed by atoms with van der Waals surface area (Å²) in [5, 5.41) is 4.92. The summed E-state index contributed by atoms with van der Waals surface area (Å²) in [7, 11) is 0. The lowest BCUT2D eigenvalue weighted by Crippen LogP contribution is -2.10. The zero-order valence-corrected chi connectivity index (χ0v) is 33.8. The zero-order chi connectivity index (χ0) is 39.8. The lowest BCUT2D eigenvalue weighted by molar-refractivity contribution is 0.591. The number of hydrogen-bond donors (Lipinski definition) is 0. The summed E-state index contributed by atoms with van der Waals surface area (Å²) in [6.07, 6.45) is 0. The molecule has 3 heterocycles. The van der Waals surface area contributed by atoms with Crippen molar-refractivity contribution >= 4 is 43.6 Å². The quantitative estimate of drug-likeness (QED) is 0.176. The number of hydrogen-bond acceptors (Lipinski definition) is 3. The molecule has 0 spiro atoms. The van der Waals surface area contributed by atoms with Crippen LogP contribution < -0.4 is 0 Å². The molecule has 0 radical (unpaired) electrons. The molecular formula is C53H45N5. The third kappa shape index (κ3) is 6.06. The highest BCUT2D eigenvalue weighted by atomic mass is 15.0. The number of benzene rings is 7. The molecule has 0 aliphatic heterocycles. The van der Waals surface area contributed by atoms with Crippen molar-refractivity contribution in [3.8, 4) is 45.5 Å². The van der Waals surface area contributed by atoms with E-state index in [0.29, 0.717) is 17.5 Å². The number of para-hydroxylation sites is 2. The summed E-state index contributed by atoms with van der Waals surface area (Å²) in [4.78, 5) is 15.5. The molecule has 0 aliphatic carbocycles. The van der Waals surface area contributed by atoms with Crippen LogP contribution >= 0.6 is 0 Å². The largest absolute Gasteiger partial charge is 0.309 e. The van der Waals surface area contributed by atoms with E-state index in [1.54, 1.807) is 0 Å². The average Bonchev–Trinajstić information content (AvgIpc) is 3.76. The Bertz CT molecular complexity index is 2970. The van der Waals surface area contributed by atoms with Gasteiger partial charge in [-0.15, -0.1) is 0 Å². The maximum atomic E-state index is 5.23. The molecule has 10 rings (SSSR count). The van der Waals surface area contributed by atoms with Gasteiger partial charge in [0.25, 0.3) is 0 Å². The number of fused-ring (bicyclic) bond motifs is 6. The third-order valence-electron chi connectivity index (χ3n) is 11.5. The Hall–Kier alpha value is -6.85. The SMILES string of the molecule is CC(C)(C)c1ccc2c(c1)c1ccccc1n2-c1cc(-c2nc(-c3ccccc3)nc(-c3ccccc3)n2)cc(-n2c3ccccc3c3cc(C(C)(C)C)ccc32)c1. The molecule has 0 unspecified atom stereocenters. The van der Waals surface area contributed by atoms with Crippen LogP contribution in [0, 0.1) is 0 Å². The van der Waals surface area contributed by atoms with Crippen molar-refractivity contribution in [2.75, 3.05) is 0 Å². The Morgan fingerprint density at radius 3 is 1.10 bits per heavy atom. The van der Waals surface area contributed by atoms with Crippen molar-refractivity contribution in [3.63, 3.8) is 0 Å². The van der Waals surface area contributed by atoms with Gasteiger partial charge in [-0.05, 0) is 76.6 Å². The molecule has 3 aromatic heterocycles. The first-order valence-corrected chi connectivity index (χ1v) is 20.1. The molecular weight excluding hydrogens is 707 g/mol. The van der Waals surface area contributed by atoms with Crippen LogP contribution in [0.3, 0.4) is 0 Å². The average molecular weight is 752 g/mol. The molecule has 282 valence electrons. The van der Waals surface area contributed by atoms with Crippen molar-refractivity contribution < 1.29 is 0 Å². The Labute approximate surface area is 339 Å². The Balaban J connectivity index is 1.31. The fourth-order valence-electron chi connectivity index (χ4n) is 8.36. The molecule has 0 fully saturated rings. The fraction of sp³-hybridized carbons (Fsp3) is 0.151. The van der Waals surface area contributed by atoms with Gasteiger partial charge in [0.2, 0.25) is 0 Å². The molecule has 0 bridgehead atoms. The normalized spacial score (nSPS) is 12.3. The molecule has 7 aromatic carbocycles. The van der Waals surface area contributed by atoms with E-state index in [2.05, 4.69) is 178 Å². The van der Waals surface area contributed by atoms with Gasteiger partial charge in [0, 0.05) is 49.6 Å². The summed E-state index contributed by atoms with van der Waals surface area (Å²) in [6.45, 7) is 13.7.